The molecular weight excluding hydrogens is 598 g/mol. The van der Waals surface area contributed by atoms with Gasteiger partial charge in [0.1, 0.15) is 17.8 Å². The zero-order valence-electron chi connectivity index (χ0n) is 20.3. The summed E-state index contributed by atoms with van der Waals surface area (Å²) in [6.07, 6.45) is 1.39. The summed E-state index contributed by atoms with van der Waals surface area (Å²) in [5.41, 5.74) is 8.65. The number of carbonyl (C=O) groups is 3. The second-order valence-corrected chi connectivity index (χ2v) is 13.2. The van der Waals surface area contributed by atoms with E-state index in [4.69, 9.17) is 16.3 Å². The van der Waals surface area contributed by atoms with Crippen LogP contribution in [0.1, 0.15) is 24.2 Å². The quantitative estimate of drug-likeness (QED) is 0.0634. The van der Waals surface area contributed by atoms with E-state index < -0.39 is 73.6 Å². The lowest BCUT2D eigenvalue weighted by Gasteiger charge is -2.43. The number of nitrogens with one attached hydrogen (secondary N) is 1. The van der Waals surface area contributed by atoms with Crippen molar-refractivity contribution in [3.63, 3.8) is 0 Å². The summed E-state index contributed by atoms with van der Waals surface area (Å²) in [4.78, 5) is 47.1. The van der Waals surface area contributed by atoms with Crippen LogP contribution in [0.4, 0.5) is 5.13 Å². The van der Waals surface area contributed by atoms with E-state index in [0.29, 0.717) is 0 Å². The first-order valence-corrected chi connectivity index (χ1v) is 15.4. The highest BCUT2D eigenvalue weighted by molar-refractivity contribution is 7.90. The van der Waals surface area contributed by atoms with Gasteiger partial charge in [-0.3, -0.25) is 14.1 Å². The Morgan fingerprint density at radius 1 is 1.30 bits per heavy atom. The molecule has 2 aromatic rings. The van der Waals surface area contributed by atoms with Crippen molar-refractivity contribution in [3.8, 4) is 0 Å². The van der Waals surface area contributed by atoms with Gasteiger partial charge in [0.2, 0.25) is 5.60 Å². The Hall–Kier alpha value is -3.73. The van der Waals surface area contributed by atoms with Crippen LogP contribution in [0, 0.1) is 0 Å². The Balaban J connectivity index is 1.56. The van der Waals surface area contributed by atoms with Crippen molar-refractivity contribution in [2.45, 2.75) is 42.8 Å². The molecule has 1 aliphatic carbocycles. The Labute approximate surface area is 229 Å². The minimum atomic E-state index is -5.08. The van der Waals surface area contributed by atoms with E-state index in [1.54, 1.807) is 0 Å². The molecular formula is C18H23N9O10S3. The first kappa shape index (κ1) is 29.3. The summed E-state index contributed by atoms with van der Waals surface area (Å²) in [5, 5.41) is 24.4. The number of sulfone groups is 1. The summed E-state index contributed by atoms with van der Waals surface area (Å²) in [6.45, 7) is -0.589. The summed E-state index contributed by atoms with van der Waals surface area (Å²) >= 11 is 0.937. The number of β-lactam (4-membered cyclic amide) rings is 1. The van der Waals surface area contributed by atoms with Crippen LogP contribution in [0.2, 0.25) is 0 Å². The first-order chi connectivity index (χ1) is 18.7. The van der Waals surface area contributed by atoms with Crippen LogP contribution in [0.3, 0.4) is 0 Å². The fourth-order valence-electron chi connectivity index (χ4n) is 3.67. The van der Waals surface area contributed by atoms with Crippen molar-refractivity contribution in [2.24, 2.45) is 10.9 Å². The minimum absolute atomic E-state index is 0.0122. The van der Waals surface area contributed by atoms with E-state index in [1.807, 2.05) is 0 Å². The van der Waals surface area contributed by atoms with Gasteiger partial charge in [-0.15, -0.1) is 11.3 Å². The molecule has 0 unspecified atom stereocenters. The predicted octanol–water partition coefficient (Wildman–Crippen LogP) is -3.27. The molecule has 1 aliphatic heterocycles. The van der Waals surface area contributed by atoms with Crippen LogP contribution in [0.25, 0.3) is 0 Å². The summed E-state index contributed by atoms with van der Waals surface area (Å²) < 4.78 is 57.3. The number of carboxylic acids is 1. The third-order valence-corrected chi connectivity index (χ3v) is 9.04. The molecule has 0 aromatic carbocycles. The summed E-state index contributed by atoms with van der Waals surface area (Å²) in [5.74, 6) is -4.39. The lowest BCUT2D eigenvalue weighted by molar-refractivity contribution is -0.153. The molecule has 19 nitrogen and oxygen atoms in total. The zero-order valence-corrected chi connectivity index (χ0v) is 22.7. The number of rotatable bonds is 13. The number of nitrogen functional groups attached to an aromatic ring is 1. The molecule has 4 rings (SSSR count). The van der Waals surface area contributed by atoms with Gasteiger partial charge in [-0.1, -0.05) is 5.16 Å². The van der Waals surface area contributed by atoms with Crippen molar-refractivity contribution in [2.75, 3.05) is 18.0 Å². The predicted molar refractivity (Wildman–Crippen MR) is 134 cm³/mol. The molecule has 218 valence electrons. The number of carbonyl (C=O) groups excluding carboxylic acids is 2. The van der Waals surface area contributed by atoms with E-state index in [-0.39, 0.29) is 46.0 Å². The van der Waals surface area contributed by atoms with Crippen LogP contribution in [0.15, 0.2) is 16.7 Å². The molecule has 2 atom stereocenters. The lowest BCUT2D eigenvalue weighted by atomic mass is 9.98. The minimum Gasteiger partial charge on any atom is -0.478 e. The zero-order chi connectivity index (χ0) is 29.5. The van der Waals surface area contributed by atoms with Crippen LogP contribution < -0.4 is 16.8 Å². The number of hydrogen-bond donors (Lipinski definition) is 5. The van der Waals surface area contributed by atoms with Gasteiger partial charge in [0.25, 0.3) is 11.8 Å². The molecule has 0 radical (unpaired) electrons. The van der Waals surface area contributed by atoms with Crippen LogP contribution in [-0.4, -0.2) is 104 Å². The van der Waals surface area contributed by atoms with Crippen molar-refractivity contribution in [3.05, 3.63) is 23.0 Å². The smallest absolute Gasteiger partial charge is 0.362 e. The molecule has 3 heterocycles. The molecule has 2 aliphatic rings. The molecule has 1 saturated heterocycles. The standard InChI is InChI=1S/C18H23N9O10S3/c19-3-4-39(32,33)8-9-5-21-26(24-9)6-11-13(15(29)27(11)40(34,35)36)23-14(28)12(10-7-38-17(20)22-10)25-37-18(1-2-18)16(30)31/h5,7,11,13H,1-4,6,8,19H2,(H2,20,22)(H,23,28)(H,30,31)(H,34,35,36)/b25-12-/t11-,13+/m1/s1. The number of amides is 2. The van der Waals surface area contributed by atoms with E-state index >= 15 is 0 Å². The second-order valence-electron chi connectivity index (χ2n) is 8.80. The highest BCUT2D eigenvalue weighted by atomic mass is 32.2. The first-order valence-electron chi connectivity index (χ1n) is 11.3. The van der Waals surface area contributed by atoms with Crippen LogP contribution >= 0.6 is 11.3 Å². The molecule has 1 saturated carbocycles. The largest absolute Gasteiger partial charge is 0.478 e. The number of hydrogen-bond acceptors (Lipinski definition) is 15. The van der Waals surface area contributed by atoms with Crippen molar-refractivity contribution < 1.29 is 45.7 Å². The number of carboxylic acid groups (broad SMARTS) is 1. The Kier molecular flexibility index (Phi) is 7.81. The van der Waals surface area contributed by atoms with Gasteiger partial charge in [0.05, 0.1) is 29.9 Å². The molecule has 40 heavy (non-hydrogen) atoms. The fraction of sp³-hybridized carbons (Fsp3) is 0.500. The van der Waals surface area contributed by atoms with E-state index in [1.165, 1.54) is 5.38 Å². The SMILES string of the molecule is NCCS(=O)(=O)Cc1cnn(C[C@@H]2[C@H](NC(=O)/C(=N\OC3(C(=O)O)CC3)c3csc(N)n3)C(=O)N2S(=O)(=O)O)n1. The topological polar surface area (TPSA) is 292 Å². The van der Waals surface area contributed by atoms with Crippen molar-refractivity contribution in [1.29, 1.82) is 0 Å². The normalized spacial score (nSPS) is 20.6. The highest BCUT2D eigenvalue weighted by Gasteiger charge is 2.56. The maximum atomic E-state index is 13.1. The van der Waals surface area contributed by atoms with E-state index in [9.17, 15) is 40.9 Å². The number of aromatic nitrogens is 4. The van der Waals surface area contributed by atoms with Crippen molar-refractivity contribution in [1.82, 2.24) is 29.6 Å². The van der Waals surface area contributed by atoms with E-state index in [2.05, 4.69) is 25.7 Å². The lowest BCUT2D eigenvalue weighted by Crippen LogP contribution is -2.73. The number of anilines is 1. The maximum absolute atomic E-state index is 13.1. The number of aliphatic carboxylic acids is 1. The van der Waals surface area contributed by atoms with Crippen molar-refractivity contribution >= 4 is 60.1 Å². The van der Waals surface area contributed by atoms with Gasteiger partial charge in [-0.2, -0.15) is 23.4 Å². The summed E-state index contributed by atoms with van der Waals surface area (Å²) in [7, 11) is -8.66. The Bertz CT molecular complexity index is 1580. The summed E-state index contributed by atoms with van der Waals surface area (Å²) in [6, 6.07) is -3.00. The van der Waals surface area contributed by atoms with Crippen LogP contribution in [0.5, 0.6) is 0 Å². The maximum Gasteiger partial charge on any atom is 0.362 e. The average molecular weight is 622 g/mol. The molecule has 2 fully saturated rings. The van der Waals surface area contributed by atoms with Gasteiger partial charge in [-0.25, -0.2) is 22.5 Å². The molecule has 2 aromatic heterocycles. The molecule has 0 bridgehead atoms. The molecule has 2 amide bonds. The van der Waals surface area contributed by atoms with Gasteiger partial charge >= 0.3 is 16.3 Å². The average Bonchev–Trinajstić information content (AvgIpc) is 3.33. The van der Waals surface area contributed by atoms with Crippen LogP contribution in [-0.2, 0) is 51.7 Å². The highest BCUT2D eigenvalue weighted by Crippen LogP contribution is 2.40. The Morgan fingerprint density at radius 2 is 2.00 bits per heavy atom. The second kappa shape index (κ2) is 10.7. The van der Waals surface area contributed by atoms with Gasteiger partial charge < -0.3 is 26.7 Å². The third kappa shape index (κ3) is 6.19. The number of oxime groups is 1. The monoisotopic (exact) mass is 621 g/mol. The number of nitrogens with two attached hydrogens (primary N) is 2. The van der Waals surface area contributed by atoms with Gasteiger partial charge in [-0.05, 0) is 0 Å². The molecule has 22 heteroatoms. The Morgan fingerprint density at radius 3 is 2.55 bits per heavy atom. The fourth-order valence-corrected chi connectivity index (χ4v) is 6.18. The molecule has 0 spiro atoms. The number of nitrogens with zero attached hydrogens (tertiary/aromatic N) is 6. The van der Waals surface area contributed by atoms with E-state index in [0.717, 1.165) is 22.3 Å². The molecule has 7 N–H and O–H groups in total. The van der Waals surface area contributed by atoms with Gasteiger partial charge in [0, 0.05) is 24.8 Å². The third-order valence-electron chi connectivity index (χ3n) is 5.82. The number of thiazole rings is 1. The van der Waals surface area contributed by atoms with Gasteiger partial charge in [0.15, 0.2) is 20.7 Å².